The number of likely N-dealkylation sites (tertiary alicyclic amines) is 1. The number of carbonyl (C=O) groups is 1. The number of furan rings is 1. The average molecular weight is 337 g/mol. The Morgan fingerprint density at radius 2 is 2.04 bits per heavy atom. The Bertz CT molecular complexity index is 723. The first-order chi connectivity index (χ1) is 11.5. The van der Waals surface area contributed by atoms with Gasteiger partial charge in [0.2, 0.25) is 5.76 Å². The van der Waals surface area contributed by atoms with Crippen molar-refractivity contribution in [1.29, 1.82) is 0 Å². The minimum absolute atomic E-state index is 0.0400. The van der Waals surface area contributed by atoms with Crippen molar-refractivity contribution >= 4 is 5.97 Å². The fraction of sp³-hybridized carbons (Fsp3) is 0.353. The van der Waals surface area contributed by atoms with Crippen molar-refractivity contribution in [3.63, 3.8) is 0 Å². The Morgan fingerprint density at radius 1 is 1.29 bits per heavy atom. The highest BCUT2D eigenvalue weighted by molar-refractivity contribution is 5.86. The van der Waals surface area contributed by atoms with E-state index in [-0.39, 0.29) is 17.6 Å². The van der Waals surface area contributed by atoms with Crippen LogP contribution in [0.2, 0.25) is 0 Å². The van der Waals surface area contributed by atoms with Crippen LogP contribution in [0.15, 0.2) is 34.9 Å². The molecule has 7 heteroatoms. The van der Waals surface area contributed by atoms with Crippen LogP contribution in [-0.2, 0) is 6.54 Å². The van der Waals surface area contributed by atoms with Crippen LogP contribution in [0.1, 0.15) is 29.0 Å². The summed E-state index contributed by atoms with van der Waals surface area (Å²) in [7, 11) is 0. The molecule has 0 atom stereocenters. The molecule has 0 saturated carbocycles. The Balaban J connectivity index is 1.54. The van der Waals surface area contributed by atoms with E-state index in [1.807, 2.05) is 0 Å². The highest BCUT2D eigenvalue weighted by Crippen LogP contribution is 2.24. The number of ether oxygens (including phenoxy) is 1. The maximum atomic E-state index is 13.6. The molecule has 3 rings (SSSR count). The lowest BCUT2D eigenvalue weighted by Gasteiger charge is -2.32. The molecule has 24 heavy (non-hydrogen) atoms. The second kappa shape index (κ2) is 7.00. The van der Waals surface area contributed by atoms with Gasteiger partial charge in [-0.15, -0.1) is 0 Å². The zero-order valence-electron chi connectivity index (χ0n) is 12.9. The van der Waals surface area contributed by atoms with Crippen molar-refractivity contribution in [1.82, 2.24) is 4.90 Å². The van der Waals surface area contributed by atoms with E-state index in [2.05, 4.69) is 4.90 Å². The van der Waals surface area contributed by atoms with Crippen LogP contribution in [0, 0.1) is 11.6 Å². The topological polar surface area (TPSA) is 62.9 Å². The Kier molecular flexibility index (Phi) is 4.80. The molecule has 2 aromatic rings. The minimum Gasteiger partial charge on any atom is -0.487 e. The molecule has 1 aromatic heterocycles. The molecule has 2 heterocycles. The molecule has 1 N–H and O–H groups in total. The van der Waals surface area contributed by atoms with Crippen LogP contribution in [0.4, 0.5) is 8.78 Å². The first-order valence-corrected chi connectivity index (χ1v) is 7.66. The van der Waals surface area contributed by atoms with E-state index in [0.717, 1.165) is 6.07 Å². The van der Waals surface area contributed by atoms with Gasteiger partial charge in [-0.2, -0.15) is 0 Å². The van der Waals surface area contributed by atoms with Crippen LogP contribution in [0.5, 0.6) is 5.75 Å². The Morgan fingerprint density at radius 3 is 2.71 bits per heavy atom. The molecule has 1 aliphatic heterocycles. The van der Waals surface area contributed by atoms with Gasteiger partial charge >= 0.3 is 5.97 Å². The number of halogens is 2. The molecule has 1 aromatic carbocycles. The summed E-state index contributed by atoms with van der Waals surface area (Å²) in [5.41, 5.74) is 0.631. The summed E-state index contributed by atoms with van der Waals surface area (Å²) in [6.45, 7) is 1.87. The number of carboxylic acids is 1. The van der Waals surface area contributed by atoms with Gasteiger partial charge in [-0.05, 0) is 31.0 Å². The lowest BCUT2D eigenvalue weighted by molar-refractivity contribution is 0.0654. The summed E-state index contributed by atoms with van der Waals surface area (Å²) in [6.07, 6.45) is 2.57. The van der Waals surface area contributed by atoms with Crippen molar-refractivity contribution in [3.05, 3.63) is 53.5 Å². The average Bonchev–Trinajstić information content (AvgIpc) is 3.00. The van der Waals surface area contributed by atoms with Crippen LogP contribution < -0.4 is 4.74 Å². The molecule has 1 fully saturated rings. The number of carboxylic acid groups (broad SMARTS) is 1. The molecule has 128 valence electrons. The maximum Gasteiger partial charge on any atom is 0.372 e. The summed E-state index contributed by atoms with van der Waals surface area (Å²) >= 11 is 0. The van der Waals surface area contributed by atoms with Gasteiger partial charge in [0, 0.05) is 31.3 Å². The Hall–Kier alpha value is -2.41. The van der Waals surface area contributed by atoms with Crippen LogP contribution in [0.3, 0.4) is 0 Å². The first kappa shape index (κ1) is 16.4. The third kappa shape index (κ3) is 3.73. The molecule has 0 aliphatic carbocycles. The van der Waals surface area contributed by atoms with Crippen molar-refractivity contribution in [3.8, 4) is 5.75 Å². The molecule has 1 aliphatic rings. The highest BCUT2D eigenvalue weighted by Gasteiger charge is 2.24. The van der Waals surface area contributed by atoms with E-state index < -0.39 is 17.6 Å². The monoisotopic (exact) mass is 337 g/mol. The molecule has 0 radical (unpaired) electrons. The largest absolute Gasteiger partial charge is 0.487 e. The molecule has 0 amide bonds. The van der Waals surface area contributed by atoms with E-state index >= 15 is 0 Å². The van der Waals surface area contributed by atoms with E-state index in [4.69, 9.17) is 14.3 Å². The van der Waals surface area contributed by atoms with E-state index in [9.17, 15) is 13.6 Å². The van der Waals surface area contributed by atoms with Gasteiger partial charge in [0.25, 0.3) is 0 Å². The van der Waals surface area contributed by atoms with E-state index in [1.165, 1.54) is 18.4 Å². The smallest absolute Gasteiger partial charge is 0.372 e. The number of rotatable bonds is 5. The van der Waals surface area contributed by atoms with Crippen LogP contribution in [0.25, 0.3) is 0 Å². The molecule has 0 spiro atoms. The fourth-order valence-electron chi connectivity index (χ4n) is 2.82. The predicted octanol–water partition coefficient (Wildman–Crippen LogP) is 3.30. The quantitative estimate of drug-likeness (QED) is 0.907. The van der Waals surface area contributed by atoms with Gasteiger partial charge in [0.1, 0.15) is 11.9 Å². The lowest BCUT2D eigenvalue weighted by atomic mass is 10.1. The molecule has 0 bridgehead atoms. The second-order valence-corrected chi connectivity index (χ2v) is 5.75. The number of hydrogen-bond acceptors (Lipinski definition) is 4. The van der Waals surface area contributed by atoms with Gasteiger partial charge in [0.15, 0.2) is 11.6 Å². The van der Waals surface area contributed by atoms with Gasteiger partial charge in [0.05, 0.1) is 6.26 Å². The summed E-state index contributed by atoms with van der Waals surface area (Å²) < 4.78 is 37.1. The number of hydrogen-bond donors (Lipinski definition) is 1. The molecule has 0 unspecified atom stereocenters. The SMILES string of the molecule is O=C(O)c1occc1CN1CCC(Oc2ccc(F)cc2F)CC1. The third-order valence-electron chi connectivity index (χ3n) is 4.06. The zero-order valence-corrected chi connectivity index (χ0v) is 12.9. The van der Waals surface area contributed by atoms with Gasteiger partial charge < -0.3 is 14.3 Å². The molecular formula is C17H17F2NO4. The predicted molar refractivity (Wildman–Crippen MR) is 81.0 cm³/mol. The summed E-state index contributed by atoms with van der Waals surface area (Å²) in [6, 6.07) is 4.91. The normalized spacial score (nSPS) is 16.2. The number of benzene rings is 1. The highest BCUT2D eigenvalue weighted by atomic mass is 19.1. The Labute approximate surface area is 137 Å². The zero-order chi connectivity index (χ0) is 17.1. The van der Waals surface area contributed by atoms with Crippen LogP contribution in [-0.4, -0.2) is 35.2 Å². The molecule has 5 nitrogen and oxygen atoms in total. The molecule has 1 saturated heterocycles. The minimum atomic E-state index is -1.08. The van der Waals surface area contributed by atoms with Crippen molar-refractivity contribution < 1.29 is 27.8 Å². The van der Waals surface area contributed by atoms with Crippen molar-refractivity contribution in [2.75, 3.05) is 13.1 Å². The maximum absolute atomic E-state index is 13.6. The summed E-state index contributed by atoms with van der Waals surface area (Å²) in [4.78, 5) is 13.1. The number of piperidine rings is 1. The van der Waals surface area contributed by atoms with Gasteiger partial charge in [-0.3, -0.25) is 4.90 Å². The lowest BCUT2D eigenvalue weighted by Crippen LogP contribution is -2.38. The first-order valence-electron chi connectivity index (χ1n) is 7.66. The number of nitrogens with zero attached hydrogens (tertiary/aromatic N) is 1. The van der Waals surface area contributed by atoms with E-state index in [0.29, 0.717) is 38.0 Å². The standard InChI is InChI=1S/C17H17F2NO4/c18-12-1-2-15(14(19)9-12)24-13-3-6-20(7-4-13)10-11-5-8-23-16(11)17(21)22/h1-2,5,8-9,13H,3-4,6-7,10H2,(H,21,22). The number of aromatic carboxylic acids is 1. The summed E-state index contributed by atoms with van der Waals surface area (Å²) in [5, 5.41) is 9.04. The second-order valence-electron chi connectivity index (χ2n) is 5.75. The van der Waals surface area contributed by atoms with Gasteiger partial charge in [-0.25, -0.2) is 13.6 Å². The summed E-state index contributed by atoms with van der Waals surface area (Å²) in [5.74, 6) is -2.41. The van der Waals surface area contributed by atoms with Crippen LogP contribution >= 0.6 is 0 Å². The molecular weight excluding hydrogens is 320 g/mol. The third-order valence-corrected chi connectivity index (χ3v) is 4.06. The van der Waals surface area contributed by atoms with E-state index in [1.54, 1.807) is 6.07 Å². The van der Waals surface area contributed by atoms with Crippen molar-refractivity contribution in [2.24, 2.45) is 0 Å². The van der Waals surface area contributed by atoms with Gasteiger partial charge in [-0.1, -0.05) is 0 Å². The van der Waals surface area contributed by atoms with Crippen molar-refractivity contribution in [2.45, 2.75) is 25.5 Å². The fourth-order valence-corrected chi connectivity index (χ4v) is 2.82.